The number of hydrogen-bond donors (Lipinski definition) is 4. The van der Waals surface area contributed by atoms with E-state index in [0.29, 0.717) is 6.42 Å². The molecule has 11 nitrogen and oxygen atoms in total. The fraction of sp³-hybridized carbons (Fsp3) is 0.885. The molecular weight excluding hydrogens is 517 g/mol. The van der Waals surface area contributed by atoms with Crippen molar-refractivity contribution in [2.45, 2.75) is 129 Å². The fourth-order valence-corrected chi connectivity index (χ4v) is 4.53. The third-order valence-corrected chi connectivity index (χ3v) is 6.88. The molecule has 0 spiro atoms. The van der Waals surface area contributed by atoms with Gasteiger partial charge in [0.15, 0.2) is 6.04 Å². The second kappa shape index (κ2) is 23.4. The molecule has 0 saturated heterocycles. The van der Waals surface area contributed by atoms with E-state index in [2.05, 4.69) is 16.0 Å². The summed E-state index contributed by atoms with van der Waals surface area (Å²) >= 11 is 0. The van der Waals surface area contributed by atoms with Gasteiger partial charge in [-0.3, -0.25) is 18.6 Å². The zero-order chi connectivity index (χ0) is 28.7. The van der Waals surface area contributed by atoms with Crippen LogP contribution in [0.4, 0.5) is 0 Å². The first-order chi connectivity index (χ1) is 18.1. The van der Waals surface area contributed by atoms with E-state index in [-0.39, 0.29) is 6.42 Å². The van der Waals surface area contributed by atoms with Gasteiger partial charge in [-0.1, -0.05) is 96.8 Å². The van der Waals surface area contributed by atoms with E-state index < -0.39 is 57.6 Å². The molecule has 224 valence electrons. The van der Waals surface area contributed by atoms with Crippen molar-refractivity contribution < 1.29 is 47.8 Å². The maximum absolute atomic E-state index is 11.8. The van der Waals surface area contributed by atoms with Gasteiger partial charge in [0.05, 0.1) is 13.2 Å². The van der Waals surface area contributed by atoms with Crippen LogP contribution in [0.1, 0.15) is 117 Å². The number of carbonyl (C=O) groups is 3. The van der Waals surface area contributed by atoms with E-state index in [1.54, 1.807) is 0 Å². The van der Waals surface area contributed by atoms with E-state index in [1.165, 1.54) is 70.6 Å². The van der Waals surface area contributed by atoms with E-state index in [9.17, 15) is 28.9 Å². The molecular formula is C26H50NO10P. The lowest BCUT2D eigenvalue weighted by molar-refractivity contribution is -0.147. The van der Waals surface area contributed by atoms with Gasteiger partial charge in [0.2, 0.25) is 5.91 Å². The number of aliphatic hydroxyl groups excluding tert-OH is 1. The lowest BCUT2D eigenvalue weighted by Gasteiger charge is -2.18. The maximum Gasteiger partial charge on any atom is 0.472 e. The summed E-state index contributed by atoms with van der Waals surface area (Å²) in [4.78, 5) is 43.4. The number of carboxylic acid groups (broad SMARTS) is 1. The summed E-state index contributed by atoms with van der Waals surface area (Å²) in [6.45, 7) is 1.43. The highest BCUT2D eigenvalue weighted by Gasteiger charge is 2.28. The van der Waals surface area contributed by atoms with Crippen LogP contribution in [0.2, 0.25) is 0 Å². The van der Waals surface area contributed by atoms with Crippen molar-refractivity contribution >= 4 is 25.7 Å². The average molecular weight is 568 g/mol. The molecule has 0 saturated carbocycles. The Balaban J connectivity index is 3.71. The highest BCUT2D eigenvalue weighted by atomic mass is 31.2. The van der Waals surface area contributed by atoms with E-state index >= 15 is 0 Å². The topological polar surface area (TPSA) is 169 Å². The van der Waals surface area contributed by atoms with Crippen LogP contribution < -0.4 is 5.32 Å². The number of aliphatic carboxylic acids is 1. The lowest BCUT2D eigenvalue weighted by atomic mass is 10.0. The van der Waals surface area contributed by atoms with E-state index in [4.69, 9.17) is 9.84 Å². The second-order valence-corrected chi connectivity index (χ2v) is 11.1. The van der Waals surface area contributed by atoms with Crippen molar-refractivity contribution in [1.29, 1.82) is 0 Å². The monoisotopic (exact) mass is 567 g/mol. The predicted molar refractivity (Wildman–Crippen MR) is 143 cm³/mol. The minimum absolute atomic E-state index is 0.229. The summed E-state index contributed by atoms with van der Waals surface area (Å²) in [5.74, 6) is -2.58. The molecule has 0 aromatic carbocycles. The number of carboxylic acids is 1. The van der Waals surface area contributed by atoms with E-state index in [1.807, 2.05) is 5.32 Å². The summed E-state index contributed by atoms with van der Waals surface area (Å²) in [5, 5.41) is 20.8. The molecule has 0 aromatic heterocycles. The van der Waals surface area contributed by atoms with Crippen LogP contribution in [0.15, 0.2) is 0 Å². The molecule has 4 N–H and O–H groups in total. The molecule has 0 radical (unpaired) electrons. The first-order valence-electron chi connectivity index (χ1n) is 14.0. The van der Waals surface area contributed by atoms with Crippen LogP contribution in [-0.4, -0.2) is 64.9 Å². The number of amides is 1. The third kappa shape index (κ3) is 23.6. The number of ether oxygens (including phenoxy) is 1. The van der Waals surface area contributed by atoms with Crippen LogP contribution in [0, 0.1) is 0 Å². The molecule has 0 aliphatic rings. The van der Waals surface area contributed by atoms with Gasteiger partial charge in [-0.2, -0.15) is 0 Å². The van der Waals surface area contributed by atoms with Crippen molar-refractivity contribution in [3.05, 3.63) is 0 Å². The van der Waals surface area contributed by atoms with Crippen molar-refractivity contribution in [2.24, 2.45) is 0 Å². The van der Waals surface area contributed by atoms with Gasteiger partial charge in [0.25, 0.3) is 0 Å². The highest BCUT2D eigenvalue weighted by molar-refractivity contribution is 7.47. The standard InChI is InChI=1S/C26H50NO10P/c1-3-4-5-6-7-8-9-10-11-12-13-14-15-16-17-18-25(30)35-19-23(29)20-36-38(33,34)37-21-24(26(31)32)27-22(2)28/h23-24,29H,3-21H2,1-2H3,(H,27,28)(H,31,32)(H,33,34). The quantitative estimate of drug-likeness (QED) is 0.0642. The zero-order valence-electron chi connectivity index (χ0n) is 23.2. The Bertz CT molecular complexity index is 691. The van der Waals surface area contributed by atoms with Crippen LogP contribution in [0.5, 0.6) is 0 Å². The van der Waals surface area contributed by atoms with Gasteiger partial charge in [0, 0.05) is 13.3 Å². The second-order valence-electron chi connectivity index (χ2n) is 9.69. The number of unbranched alkanes of at least 4 members (excludes halogenated alkanes) is 14. The van der Waals surface area contributed by atoms with Crippen molar-refractivity contribution in [2.75, 3.05) is 19.8 Å². The summed E-state index contributed by atoms with van der Waals surface area (Å²) < 4.78 is 25.9. The first-order valence-corrected chi connectivity index (χ1v) is 15.5. The molecule has 0 aliphatic heterocycles. The Hall–Kier alpha value is -1.52. The number of phosphoric ester groups is 1. The average Bonchev–Trinajstić information content (AvgIpc) is 2.86. The number of phosphoric acid groups is 1. The molecule has 0 aromatic rings. The molecule has 0 aliphatic carbocycles. The van der Waals surface area contributed by atoms with Crippen molar-refractivity contribution in [3.8, 4) is 0 Å². The summed E-state index contributed by atoms with van der Waals surface area (Å²) in [6, 6.07) is -1.54. The van der Waals surface area contributed by atoms with Gasteiger partial charge >= 0.3 is 19.8 Å². The SMILES string of the molecule is CCCCCCCCCCCCCCCCCC(=O)OCC(O)COP(=O)(O)OCC(NC(C)=O)C(=O)O. The molecule has 0 bridgehead atoms. The fourth-order valence-electron chi connectivity index (χ4n) is 3.76. The Morgan fingerprint density at radius 1 is 0.763 bits per heavy atom. The van der Waals surface area contributed by atoms with E-state index in [0.717, 1.165) is 26.2 Å². The molecule has 3 atom stereocenters. The molecule has 0 rings (SSSR count). The van der Waals surface area contributed by atoms with Crippen molar-refractivity contribution in [1.82, 2.24) is 5.32 Å². The largest absolute Gasteiger partial charge is 0.480 e. The van der Waals surface area contributed by atoms with Gasteiger partial charge in [0.1, 0.15) is 12.7 Å². The molecule has 3 unspecified atom stereocenters. The predicted octanol–water partition coefficient (Wildman–Crippen LogP) is 4.87. The maximum atomic E-state index is 11.8. The Morgan fingerprint density at radius 2 is 1.21 bits per heavy atom. The Kier molecular flexibility index (Phi) is 22.4. The number of esters is 1. The number of aliphatic hydroxyl groups is 1. The van der Waals surface area contributed by atoms with Gasteiger partial charge in [-0.15, -0.1) is 0 Å². The van der Waals surface area contributed by atoms with Crippen molar-refractivity contribution in [3.63, 3.8) is 0 Å². The molecule has 38 heavy (non-hydrogen) atoms. The van der Waals surface area contributed by atoms with Gasteiger partial charge in [-0.25, -0.2) is 9.36 Å². The molecule has 12 heteroatoms. The van der Waals surface area contributed by atoms with Gasteiger partial charge < -0.3 is 25.2 Å². The van der Waals surface area contributed by atoms with Crippen LogP contribution in [-0.2, 0) is 32.7 Å². The first kappa shape index (κ1) is 36.5. The summed E-state index contributed by atoms with van der Waals surface area (Å²) in [5.41, 5.74) is 0. The summed E-state index contributed by atoms with van der Waals surface area (Å²) in [7, 11) is -4.69. The minimum Gasteiger partial charge on any atom is -0.480 e. The number of nitrogens with one attached hydrogen (secondary N) is 1. The Labute approximate surface area is 227 Å². The summed E-state index contributed by atoms with van der Waals surface area (Å²) in [6.07, 6.45) is 17.3. The molecule has 1 amide bonds. The van der Waals surface area contributed by atoms with Crippen LogP contribution in [0.3, 0.4) is 0 Å². The normalized spacial score (nSPS) is 14.4. The van der Waals surface area contributed by atoms with Gasteiger partial charge in [-0.05, 0) is 6.42 Å². The number of carbonyl (C=O) groups excluding carboxylic acids is 2. The Morgan fingerprint density at radius 3 is 1.66 bits per heavy atom. The molecule has 0 heterocycles. The smallest absolute Gasteiger partial charge is 0.472 e. The van der Waals surface area contributed by atoms with Crippen LogP contribution >= 0.6 is 7.82 Å². The van der Waals surface area contributed by atoms with Crippen LogP contribution in [0.25, 0.3) is 0 Å². The molecule has 0 fully saturated rings. The number of rotatable bonds is 26. The minimum atomic E-state index is -4.69. The highest BCUT2D eigenvalue weighted by Crippen LogP contribution is 2.43. The lowest BCUT2D eigenvalue weighted by Crippen LogP contribution is -2.42. The zero-order valence-corrected chi connectivity index (χ0v) is 24.1. The number of hydrogen-bond acceptors (Lipinski definition) is 8. The third-order valence-electron chi connectivity index (χ3n) is 5.93.